The highest BCUT2D eigenvalue weighted by atomic mass is 16.4. The number of carboxylic acids is 2. The van der Waals surface area contributed by atoms with Crippen molar-refractivity contribution in [3.05, 3.63) is 0 Å². The van der Waals surface area contributed by atoms with Crippen molar-refractivity contribution in [2.45, 2.75) is 12.1 Å². The van der Waals surface area contributed by atoms with Crippen LogP contribution in [-0.2, 0) is 9.59 Å². The minimum absolute atomic E-state index is 1.69. The monoisotopic (exact) mass is 148 g/mol. The largest absolute Gasteiger partial charge is 0.547 e. The van der Waals surface area contributed by atoms with Crippen molar-refractivity contribution in [3.8, 4) is 0 Å². The Morgan fingerprint density at radius 3 is 1.80 bits per heavy atom. The molecule has 6 nitrogen and oxygen atoms in total. The van der Waals surface area contributed by atoms with Crippen LogP contribution in [0.4, 0.5) is 0 Å². The van der Waals surface area contributed by atoms with E-state index in [1.807, 2.05) is 0 Å². The van der Waals surface area contributed by atoms with E-state index in [1.54, 1.807) is 0 Å². The van der Waals surface area contributed by atoms with Gasteiger partial charge in [-0.3, -0.25) is 0 Å². The van der Waals surface area contributed by atoms with Gasteiger partial charge >= 0.3 is 0 Å². The highest BCUT2D eigenvalue weighted by Gasteiger charge is 2.19. The Hall–Kier alpha value is -1.14. The molecule has 0 aliphatic rings. The molecule has 0 aromatic heterocycles. The van der Waals surface area contributed by atoms with Gasteiger partial charge in [-0.1, -0.05) is 0 Å². The van der Waals surface area contributed by atoms with Crippen LogP contribution in [0.1, 0.15) is 0 Å². The lowest BCUT2D eigenvalue weighted by atomic mass is 10.2. The second-order valence-electron chi connectivity index (χ2n) is 1.69. The maximum atomic E-state index is 9.82. The molecule has 0 radical (unpaired) electrons. The first-order chi connectivity index (χ1) is 4.46. The minimum atomic E-state index is -2.11. The van der Waals surface area contributed by atoms with Crippen LogP contribution in [0, 0.1) is 0 Å². The summed E-state index contributed by atoms with van der Waals surface area (Å²) in [6.07, 6.45) is -2.11. The van der Waals surface area contributed by atoms with Crippen molar-refractivity contribution in [3.63, 3.8) is 0 Å². The van der Waals surface area contributed by atoms with Crippen LogP contribution in [0.5, 0.6) is 0 Å². The standard InChI is InChI=1S/C4H7NO5/c5-1(3(7)8)2(6)4(9)10/h1-2,6H,5H2,(H,7,8)(H,9,10)/p-1/t1-,2?/m1/s1. The van der Waals surface area contributed by atoms with E-state index in [0.29, 0.717) is 0 Å². The molecular weight excluding hydrogens is 142 g/mol. The summed E-state index contributed by atoms with van der Waals surface area (Å²) >= 11 is 0. The molecule has 0 amide bonds. The molecule has 0 fully saturated rings. The summed E-state index contributed by atoms with van der Waals surface area (Å²) in [6.45, 7) is 0. The fourth-order valence-electron chi connectivity index (χ4n) is 0.293. The Labute approximate surface area is 55.9 Å². The molecule has 0 aliphatic carbocycles. The van der Waals surface area contributed by atoms with Crippen molar-refractivity contribution >= 4 is 11.9 Å². The highest BCUT2D eigenvalue weighted by Crippen LogP contribution is 1.83. The lowest BCUT2D eigenvalue weighted by Gasteiger charge is -2.16. The summed E-state index contributed by atoms with van der Waals surface area (Å²) in [5.74, 6) is -3.60. The van der Waals surface area contributed by atoms with Crippen LogP contribution < -0.4 is 15.9 Å². The molecule has 0 bridgehead atoms. The van der Waals surface area contributed by atoms with Gasteiger partial charge in [0.25, 0.3) is 0 Å². The van der Waals surface area contributed by atoms with E-state index in [9.17, 15) is 19.8 Å². The number of quaternary nitrogens is 1. The Morgan fingerprint density at radius 2 is 1.70 bits per heavy atom. The number of hydrogen-bond donors (Lipinski definition) is 2. The van der Waals surface area contributed by atoms with E-state index in [4.69, 9.17) is 5.11 Å². The fourth-order valence-corrected chi connectivity index (χ4v) is 0.293. The zero-order chi connectivity index (χ0) is 8.31. The van der Waals surface area contributed by atoms with Gasteiger partial charge in [0.05, 0.1) is 5.97 Å². The van der Waals surface area contributed by atoms with Gasteiger partial charge in [-0.25, -0.2) is 0 Å². The predicted octanol–water partition coefficient (Wildman–Crippen LogP) is -5.54. The third kappa shape index (κ3) is 2.00. The average Bonchev–Trinajstić information content (AvgIpc) is 1.84. The molecule has 1 unspecified atom stereocenters. The molecule has 6 heteroatoms. The maximum absolute atomic E-state index is 9.82. The Kier molecular flexibility index (Phi) is 2.78. The second-order valence-corrected chi connectivity index (χ2v) is 1.69. The van der Waals surface area contributed by atoms with Crippen molar-refractivity contribution in [1.82, 2.24) is 0 Å². The van der Waals surface area contributed by atoms with Gasteiger partial charge in [0, 0.05) is 0 Å². The van der Waals surface area contributed by atoms with Crippen molar-refractivity contribution in [1.29, 1.82) is 0 Å². The summed E-state index contributed by atoms with van der Waals surface area (Å²) in [4.78, 5) is 19.6. The number of carboxylic acid groups (broad SMARTS) is 2. The summed E-state index contributed by atoms with van der Waals surface area (Å²) in [5.41, 5.74) is 2.83. The molecule has 0 aromatic carbocycles. The number of carbonyl (C=O) groups excluding carboxylic acids is 2. The Morgan fingerprint density at radius 1 is 1.30 bits per heavy atom. The van der Waals surface area contributed by atoms with E-state index >= 15 is 0 Å². The predicted molar refractivity (Wildman–Crippen MR) is 22.7 cm³/mol. The summed E-state index contributed by atoms with van der Waals surface area (Å²) in [7, 11) is 0. The van der Waals surface area contributed by atoms with E-state index in [2.05, 4.69) is 5.73 Å². The molecule has 0 rings (SSSR count). The SMILES string of the molecule is [NH3+][C@@H](C(=O)[O-])C(O)C(=O)[O-]. The molecule has 0 heterocycles. The first-order valence-corrected chi connectivity index (χ1v) is 2.39. The minimum Gasteiger partial charge on any atom is -0.547 e. The smallest absolute Gasteiger partial charge is 0.156 e. The number of aliphatic carboxylic acids is 2. The molecule has 2 atom stereocenters. The number of aliphatic hydroxyl groups is 1. The molecule has 0 aliphatic heterocycles. The number of carbonyl (C=O) groups is 2. The molecule has 58 valence electrons. The van der Waals surface area contributed by atoms with Crippen LogP contribution in [-0.4, -0.2) is 29.2 Å². The molecular formula is C4H6NO5-. The van der Waals surface area contributed by atoms with Gasteiger partial charge < -0.3 is 30.6 Å². The van der Waals surface area contributed by atoms with Crippen LogP contribution in [0.25, 0.3) is 0 Å². The normalized spacial score (nSPS) is 15.8. The first-order valence-electron chi connectivity index (χ1n) is 2.39. The molecule has 0 saturated carbocycles. The lowest BCUT2D eigenvalue weighted by molar-refractivity contribution is -0.454. The second kappa shape index (κ2) is 3.14. The van der Waals surface area contributed by atoms with Gasteiger partial charge in [-0.2, -0.15) is 0 Å². The molecule has 0 spiro atoms. The van der Waals surface area contributed by atoms with Gasteiger partial charge in [0.15, 0.2) is 12.1 Å². The third-order valence-corrected chi connectivity index (χ3v) is 0.925. The van der Waals surface area contributed by atoms with E-state index < -0.39 is 24.1 Å². The van der Waals surface area contributed by atoms with Crippen LogP contribution in [0.3, 0.4) is 0 Å². The van der Waals surface area contributed by atoms with Gasteiger partial charge in [-0.05, 0) is 0 Å². The Bertz CT molecular complexity index is 138. The van der Waals surface area contributed by atoms with Crippen LogP contribution >= 0.6 is 0 Å². The fraction of sp³-hybridized carbons (Fsp3) is 0.500. The first kappa shape index (κ1) is 8.86. The van der Waals surface area contributed by atoms with Gasteiger partial charge in [0.1, 0.15) is 5.97 Å². The molecule has 10 heavy (non-hydrogen) atoms. The molecule has 0 saturated heterocycles. The van der Waals surface area contributed by atoms with Crippen molar-refractivity contribution < 1.29 is 30.6 Å². The van der Waals surface area contributed by atoms with E-state index in [1.165, 1.54) is 0 Å². The van der Waals surface area contributed by atoms with Crippen molar-refractivity contribution in [2.75, 3.05) is 0 Å². The topological polar surface area (TPSA) is 128 Å². The van der Waals surface area contributed by atoms with E-state index in [-0.39, 0.29) is 0 Å². The average molecular weight is 148 g/mol. The molecule has 4 N–H and O–H groups in total. The number of aliphatic hydroxyl groups excluding tert-OH is 1. The van der Waals surface area contributed by atoms with Crippen molar-refractivity contribution in [2.24, 2.45) is 0 Å². The summed E-state index contributed by atoms with van der Waals surface area (Å²) in [6, 6.07) is -1.69. The Balaban J connectivity index is 4.07. The van der Waals surface area contributed by atoms with Gasteiger partial charge in [-0.15, -0.1) is 0 Å². The molecule has 0 aromatic rings. The summed E-state index contributed by atoms with van der Waals surface area (Å²) < 4.78 is 0. The lowest BCUT2D eigenvalue weighted by Crippen LogP contribution is -2.75. The quantitative estimate of drug-likeness (QED) is 0.412. The third-order valence-electron chi connectivity index (χ3n) is 0.925. The zero-order valence-corrected chi connectivity index (χ0v) is 4.94. The zero-order valence-electron chi connectivity index (χ0n) is 4.94. The highest BCUT2D eigenvalue weighted by molar-refractivity contribution is 5.80. The van der Waals surface area contributed by atoms with Crippen LogP contribution in [0.15, 0.2) is 0 Å². The number of hydrogen-bond acceptors (Lipinski definition) is 5. The van der Waals surface area contributed by atoms with Crippen LogP contribution in [0.2, 0.25) is 0 Å². The summed E-state index contributed by atoms with van der Waals surface area (Å²) in [5, 5.41) is 28.0. The number of rotatable bonds is 3. The van der Waals surface area contributed by atoms with Gasteiger partial charge in [0.2, 0.25) is 0 Å². The van der Waals surface area contributed by atoms with E-state index in [0.717, 1.165) is 0 Å². The maximum Gasteiger partial charge on any atom is 0.156 e.